The monoisotopic (exact) mass is 310 g/mol. The quantitative estimate of drug-likeness (QED) is 0.694. The number of nitrogens with zero attached hydrogens (tertiary/aromatic N) is 1. The number of carbonyl (C=O) groups is 1. The van der Waals surface area contributed by atoms with Crippen molar-refractivity contribution in [1.82, 2.24) is 15.3 Å². The van der Waals surface area contributed by atoms with Crippen LogP contribution in [-0.4, -0.2) is 22.8 Å². The minimum Gasteiger partial charge on any atom is -0.454 e. The number of carbonyl (C=O) groups excluding carboxylic acids is 1. The van der Waals surface area contributed by atoms with Gasteiger partial charge in [0, 0.05) is 12.2 Å². The van der Waals surface area contributed by atoms with Crippen molar-refractivity contribution in [3.8, 4) is 11.5 Å². The average molecular weight is 310 g/mol. The molecule has 0 radical (unpaired) electrons. The largest absolute Gasteiger partial charge is 0.454 e. The second-order valence-corrected chi connectivity index (χ2v) is 5.13. The zero-order valence-electron chi connectivity index (χ0n) is 12.1. The molecule has 0 saturated carbocycles. The van der Waals surface area contributed by atoms with E-state index in [1.165, 1.54) is 0 Å². The summed E-state index contributed by atoms with van der Waals surface area (Å²) in [6, 6.07) is 10.8. The predicted octanol–water partition coefficient (Wildman–Crippen LogP) is 2.61. The van der Waals surface area contributed by atoms with Crippen LogP contribution in [0, 0.1) is 0 Å². The number of urea groups is 1. The summed E-state index contributed by atoms with van der Waals surface area (Å²) in [5, 5.41) is 5.60. The first-order chi connectivity index (χ1) is 11.3. The van der Waals surface area contributed by atoms with Crippen LogP contribution >= 0.6 is 0 Å². The van der Waals surface area contributed by atoms with Gasteiger partial charge in [-0.25, -0.2) is 9.78 Å². The maximum atomic E-state index is 12.0. The van der Waals surface area contributed by atoms with Gasteiger partial charge < -0.3 is 25.1 Å². The topological polar surface area (TPSA) is 88.3 Å². The third-order valence-electron chi connectivity index (χ3n) is 3.57. The number of H-pyrrole nitrogens is 1. The van der Waals surface area contributed by atoms with Crippen LogP contribution in [0.15, 0.2) is 42.7 Å². The van der Waals surface area contributed by atoms with Gasteiger partial charge in [0.15, 0.2) is 11.5 Å². The Morgan fingerprint density at radius 1 is 1.17 bits per heavy atom. The molecule has 0 bridgehead atoms. The summed E-state index contributed by atoms with van der Waals surface area (Å²) in [6.07, 6.45) is 1.62. The van der Waals surface area contributed by atoms with Crippen LogP contribution in [-0.2, 0) is 6.54 Å². The summed E-state index contributed by atoms with van der Waals surface area (Å²) >= 11 is 0. The summed E-state index contributed by atoms with van der Waals surface area (Å²) in [4.78, 5) is 19.1. The second-order valence-electron chi connectivity index (χ2n) is 5.13. The van der Waals surface area contributed by atoms with E-state index in [2.05, 4.69) is 20.6 Å². The normalized spacial score (nSPS) is 12.3. The van der Waals surface area contributed by atoms with Crippen LogP contribution in [0.25, 0.3) is 11.0 Å². The van der Waals surface area contributed by atoms with E-state index < -0.39 is 0 Å². The lowest BCUT2D eigenvalue weighted by Gasteiger charge is -2.08. The molecule has 0 saturated heterocycles. The maximum absolute atomic E-state index is 12.0. The molecule has 0 atom stereocenters. The maximum Gasteiger partial charge on any atom is 0.319 e. The van der Waals surface area contributed by atoms with Crippen molar-refractivity contribution in [1.29, 1.82) is 0 Å². The number of imidazole rings is 1. The van der Waals surface area contributed by atoms with Crippen molar-refractivity contribution in [2.24, 2.45) is 0 Å². The summed E-state index contributed by atoms with van der Waals surface area (Å²) < 4.78 is 10.6. The number of aromatic nitrogens is 2. The fourth-order valence-electron chi connectivity index (χ4n) is 2.42. The molecule has 0 unspecified atom stereocenters. The molecule has 3 aromatic rings. The molecule has 7 heteroatoms. The Morgan fingerprint density at radius 2 is 2.09 bits per heavy atom. The summed E-state index contributed by atoms with van der Waals surface area (Å²) in [5.74, 6) is 1.43. The molecule has 2 heterocycles. The molecule has 2 amide bonds. The highest BCUT2D eigenvalue weighted by Gasteiger charge is 2.13. The number of aromatic amines is 1. The molecule has 116 valence electrons. The van der Waals surface area contributed by atoms with Gasteiger partial charge in [-0.15, -0.1) is 0 Å². The average Bonchev–Trinajstić information content (AvgIpc) is 3.20. The van der Waals surface area contributed by atoms with Crippen molar-refractivity contribution < 1.29 is 14.3 Å². The number of hydrogen-bond donors (Lipinski definition) is 3. The highest BCUT2D eigenvalue weighted by molar-refractivity contribution is 5.91. The zero-order chi connectivity index (χ0) is 15.6. The van der Waals surface area contributed by atoms with E-state index >= 15 is 0 Å². The molecule has 2 aromatic carbocycles. The van der Waals surface area contributed by atoms with Gasteiger partial charge in [0.25, 0.3) is 0 Å². The van der Waals surface area contributed by atoms with Crippen LogP contribution in [0.5, 0.6) is 11.5 Å². The van der Waals surface area contributed by atoms with Crippen molar-refractivity contribution in [3.05, 3.63) is 48.3 Å². The lowest BCUT2D eigenvalue weighted by atomic mass is 10.2. The molecule has 0 spiro atoms. The van der Waals surface area contributed by atoms with E-state index in [4.69, 9.17) is 9.47 Å². The Bertz CT molecular complexity index is 875. The Morgan fingerprint density at radius 3 is 3.04 bits per heavy atom. The zero-order valence-corrected chi connectivity index (χ0v) is 12.1. The van der Waals surface area contributed by atoms with Gasteiger partial charge in [-0.1, -0.05) is 6.07 Å². The Hall–Kier alpha value is -3.22. The van der Waals surface area contributed by atoms with E-state index in [0.717, 1.165) is 22.3 Å². The predicted molar refractivity (Wildman–Crippen MR) is 84.5 cm³/mol. The third-order valence-corrected chi connectivity index (χ3v) is 3.57. The summed E-state index contributed by atoms with van der Waals surface area (Å²) in [6.45, 7) is 0.636. The molecule has 1 aromatic heterocycles. The molecular weight excluding hydrogens is 296 g/mol. The lowest BCUT2D eigenvalue weighted by Crippen LogP contribution is -2.28. The summed E-state index contributed by atoms with van der Waals surface area (Å²) in [5.41, 5.74) is 3.37. The molecule has 1 aliphatic rings. The molecule has 1 aliphatic heterocycles. The van der Waals surface area contributed by atoms with Crippen LogP contribution in [0.2, 0.25) is 0 Å². The lowest BCUT2D eigenvalue weighted by molar-refractivity contribution is 0.174. The van der Waals surface area contributed by atoms with Crippen LogP contribution < -0.4 is 20.1 Å². The van der Waals surface area contributed by atoms with Crippen molar-refractivity contribution in [2.75, 3.05) is 12.1 Å². The van der Waals surface area contributed by atoms with Gasteiger partial charge in [-0.2, -0.15) is 0 Å². The number of hydrogen-bond acceptors (Lipinski definition) is 4. The van der Waals surface area contributed by atoms with Gasteiger partial charge in [0.05, 0.1) is 17.4 Å². The number of ether oxygens (including phenoxy) is 2. The van der Waals surface area contributed by atoms with E-state index in [0.29, 0.717) is 18.0 Å². The number of rotatable bonds is 3. The first-order valence-corrected chi connectivity index (χ1v) is 7.14. The molecule has 23 heavy (non-hydrogen) atoms. The number of anilines is 1. The first-order valence-electron chi connectivity index (χ1n) is 7.14. The van der Waals surface area contributed by atoms with Crippen molar-refractivity contribution in [2.45, 2.75) is 6.54 Å². The van der Waals surface area contributed by atoms with Gasteiger partial charge in [0.1, 0.15) is 0 Å². The van der Waals surface area contributed by atoms with Crippen LogP contribution in [0.3, 0.4) is 0 Å². The fourth-order valence-corrected chi connectivity index (χ4v) is 2.42. The number of amides is 2. The SMILES string of the molecule is O=C(NCc1ccc2c(c1)OCO2)Nc1ccc2nc[nH]c2c1. The van der Waals surface area contributed by atoms with Gasteiger partial charge in [-0.3, -0.25) is 0 Å². The number of fused-ring (bicyclic) bond motifs is 2. The van der Waals surface area contributed by atoms with Gasteiger partial charge in [0.2, 0.25) is 6.79 Å². The van der Waals surface area contributed by atoms with E-state index in [9.17, 15) is 4.79 Å². The fraction of sp³-hybridized carbons (Fsp3) is 0.125. The van der Waals surface area contributed by atoms with Crippen LogP contribution in [0.1, 0.15) is 5.56 Å². The number of nitrogens with one attached hydrogen (secondary N) is 3. The standard InChI is InChI=1S/C16H14N4O3/c21-16(20-11-2-3-12-13(6-11)19-8-18-12)17-7-10-1-4-14-15(5-10)23-9-22-14/h1-6,8H,7,9H2,(H,18,19)(H2,17,20,21). The highest BCUT2D eigenvalue weighted by atomic mass is 16.7. The molecule has 0 aliphatic carbocycles. The molecule has 3 N–H and O–H groups in total. The molecule has 4 rings (SSSR count). The summed E-state index contributed by atoms with van der Waals surface area (Å²) in [7, 11) is 0. The number of benzene rings is 2. The van der Waals surface area contributed by atoms with Crippen molar-refractivity contribution in [3.63, 3.8) is 0 Å². The smallest absolute Gasteiger partial charge is 0.319 e. The third kappa shape index (κ3) is 2.76. The van der Waals surface area contributed by atoms with Crippen molar-refractivity contribution >= 4 is 22.8 Å². The Kier molecular flexibility index (Phi) is 3.23. The Labute approximate surface area is 131 Å². The second kappa shape index (κ2) is 5.53. The Balaban J connectivity index is 1.38. The van der Waals surface area contributed by atoms with E-state index in [1.807, 2.05) is 36.4 Å². The minimum absolute atomic E-state index is 0.239. The first kappa shape index (κ1) is 13.4. The van der Waals surface area contributed by atoms with Gasteiger partial charge >= 0.3 is 6.03 Å². The van der Waals surface area contributed by atoms with Gasteiger partial charge in [-0.05, 0) is 35.9 Å². The van der Waals surface area contributed by atoms with E-state index in [1.54, 1.807) is 6.33 Å². The minimum atomic E-state index is -0.276. The van der Waals surface area contributed by atoms with E-state index in [-0.39, 0.29) is 12.8 Å². The molecular formula is C16H14N4O3. The molecule has 7 nitrogen and oxygen atoms in total. The van der Waals surface area contributed by atoms with Crippen LogP contribution in [0.4, 0.5) is 10.5 Å². The molecule has 0 fully saturated rings. The highest BCUT2D eigenvalue weighted by Crippen LogP contribution is 2.32.